The van der Waals surface area contributed by atoms with E-state index in [1.54, 1.807) is 0 Å². The topological polar surface area (TPSA) is 38.3 Å². The molecule has 3 nitrogen and oxygen atoms in total. The molecule has 3 rings (SSSR count). The van der Waals surface area contributed by atoms with Crippen molar-refractivity contribution in [3.05, 3.63) is 77.4 Å². The molecule has 2 unspecified atom stereocenters. The van der Waals surface area contributed by atoms with Gasteiger partial charge in [-0.15, -0.1) is 0 Å². The summed E-state index contributed by atoms with van der Waals surface area (Å²) in [5.41, 5.74) is 3.60. The second-order valence-electron chi connectivity index (χ2n) is 7.32. The van der Waals surface area contributed by atoms with Crippen molar-refractivity contribution in [2.75, 3.05) is 0 Å². The van der Waals surface area contributed by atoms with Crippen LogP contribution < -0.4 is 10.1 Å². The van der Waals surface area contributed by atoms with E-state index in [1.165, 1.54) is 16.7 Å². The van der Waals surface area contributed by atoms with E-state index in [1.807, 2.05) is 37.3 Å². The summed E-state index contributed by atoms with van der Waals surface area (Å²) < 4.78 is 6.16. The molecule has 28 heavy (non-hydrogen) atoms. The van der Waals surface area contributed by atoms with E-state index in [9.17, 15) is 4.79 Å². The van der Waals surface area contributed by atoms with Crippen LogP contribution in [0.25, 0.3) is 10.8 Å². The molecule has 0 aliphatic heterocycles. The van der Waals surface area contributed by atoms with Gasteiger partial charge in [-0.1, -0.05) is 74.0 Å². The molecule has 3 heteroatoms. The van der Waals surface area contributed by atoms with Crippen LogP contribution in [0.5, 0.6) is 5.75 Å². The number of carbonyl (C=O) groups is 1. The van der Waals surface area contributed by atoms with E-state index in [4.69, 9.17) is 4.74 Å². The number of carbonyl (C=O) groups excluding carboxylic acids is 1. The van der Waals surface area contributed by atoms with Crippen molar-refractivity contribution in [2.45, 2.75) is 52.7 Å². The first-order valence-electron chi connectivity index (χ1n) is 10.1. The first-order chi connectivity index (χ1) is 13.5. The first kappa shape index (κ1) is 19.9. The zero-order chi connectivity index (χ0) is 20.1. The van der Waals surface area contributed by atoms with E-state index in [-0.39, 0.29) is 11.9 Å². The summed E-state index contributed by atoms with van der Waals surface area (Å²) in [5.74, 6) is 0.682. The normalized spacial score (nSPS) is 13.1. The zero-order valence-electron chi connectivity index (χ0n) is 17.2. The molecule has 0 aliphatic rings. The van der Waals surface area contributed by atoms with Crippen molar-refractivity contribution in [3.8, 4) is 5.75 Å². The predicted molar refractivity (Wildman–Crippen MR) is 116 cm³/mol. The number of hydrogen-bond donors (Lipinski definition) is 1. The second kappa shape index (κ2) is 8.92. The van der Waals surface area contributed by atoms with Crippen LogP contribution in [-0.2, 0) is 4.79 Å². The minimum absolute atomic E-state index is 0.0155. The average Bonchev–Trinajstić information content (AvgIpc) is 2.70. The summed E-state index contributed by atoms with van der Waals surface area (Å²) in [6, 6.07) is 20.4. The Morgan fingerprint density at radius 1 is 0.964 bits per heavy atom. The van der Waals surface area contributed by atoms with Crippen molar-refractivity contribution in [1.82, 2.24) is 5.32 Å². The van der Waals surface area contributed by atoms with Gasteiger partial charge in [0.25, 0.3) is 5.91 Å². The standard InChI is InChI=1S/C25H29NO2/c1-5-22(20-15-14-17(3)16-18(20)4)26-25(27)23(6-2)28-24-13-9-11-19-10-7-8-12-21(19)24/h7-16,22-23H,5-6H2,1-4H3,(H,26,27). The monoisotopic (exact) mass is 375 g/mol. The second-order valence-corrected chi connectivity index (χ2v) is 7.32. The molecular weight excluding hydrogens is 346 g/mol. The van der Waals surface area contributed by atoms with Gasteiger partial charge in [0.15, 0.2) is 6.10 Å². The van der Waals surface area contributed by atoms with E-state index >= 15 is 0 Å². The molecule has 0 saturated carbocycles. The highest BCUT2D eigenvalue weighted by atomic mass is 16.5. The Labute approximate surface area is 167 Å². The summed E-state index contributed by atoms with van der Waals surface area (Å²) in [5, 5.41) is 5.33. The largest absolute Gasteiger partial charge is 0.480 e. The molecule has 3 aromatic carbocycles. The van der Waals surface area contributed by atoms with Crippen LogP contribution in [0.3, 0.4) is 0 Å². The number of aryl methyl sites for hydroxylation is 2. The summed E-state index contributed by atoms with van der Waals surface area (Å²) in [4.78, 5) is 13.0. The lowest BCUT2D eigenvalue weighted by molar-refractivity contribution is -0.128. The van der Waals surface area contributed by atoms with Gasteiger partial charge < -0.3 is 10.1 Å². The van der Waals surface area contributed by atoms with Gasteiger partial charge in [0.2, 0.25) is 0 Å². The van der Waals surface area contributed by atoms with E-state index in [0.29, 0.717) is 6.42 Å². The fraction of sp³-hybridized carbons (Fsp3) is 0.320. The zero-order valence-corrected chi connectivity index (χ0v) is 17.2. The summed E-state index contributed by atoms with van der Waals surface area (Å²) >= 11 is 0. The molecule has 0 fully saturated rings. The van der Waals surface area contributed by atoms with Crippen LogP contribution in [0.4, 0.5) is 0 Å². The van der Waals surface area contributed by atoms with Gasteiger partial charge in [-0.05, 0) is 49.3 Å². The van der Waals surface area contributed by atoms with E-state index in [0.717, 1.165) is 22.9 Å². The van der Waals surface area contributed by atoms with Gasteiger partial charge in [0.1, 0.15) is 5.75 Å². The third-order valence-electron chi connectivity index (χ3n) is 5.21. The van der Waals surface area contributed by atoms with Crippen molar-refractivity contribution in [2.24, 2.45) is 0 Å². The number of fused-ring (bicyclic) bond motifs is 1. The molecule has 3 aromatic rings. The number of ether oxygens (including phenoxy) is 1. The number of amides is 1. The number of hydrogen-bond acceptors (Lipinski definition) is 2. The number of nitrogens with one attached hydrogen (secondary N) is 1. The lowest BCUT2D eigenvalue weighted by atomic mass is 9.97. The van der Waals surface area contributed by atoms with Crippen molar-refractivity contribution in [3.63, 3.8) is 0 Å². The smallest absolute Gasteiger partial charge is 0.261 e. The Kier molecular flexibility index (Phi) is 6.35. The van der Waals surface area contributed by atoms with Crippen LogP contribution >= 0.6 is 0 Å². The third kappa shape index (κ3) is 4.36. The maximum atomic E-state index is 13.0. The SMILES string of the molecule is CCC(Oc1cccc2ccccc12)C(=O)NC(CC)c1ccc(C)cc1C. The minimum Gasteiger partial charge on any atom is -0.480 e. The first-order valence-corrected chi connectivity index (χ1v) is 10.1. The molecule has 1 amide bonds. The molecule has 2 atom stereocenters. The Morgan fingerprint density at radius 3 is 2.43 bits per heavy atom. The van der Waals surface area contributed by atoms with Gasteiger partial charge in [-0.3, -0.25) is 4.79 Å². The molecule has 0 aromatic heterocycles. The van der Waals surface area contributed by atoms with Crippen LogP contribution in [-0.4, -0.2) is 12.0 Å². The molecule has 0 spiro atoms. The Bertz CT molecular complexity index is 958. The average molecular weight is 376 g/mol. The fourth-order valence-corrected chi connectivity index (χ4v) is 3.65. The van der Waals surface area contributed by atoms with Gasteiger partial charge in [-0.2, -0.15) is 0 Å². The molecule has 146 valence electrons. The molecular formula is C25H29NO2. The molecule has 0 aliphatic carbocycles. The summed E-state index contributed by atoms with van der Waals surface area (Å²) in [6.45, 7) is 8.26. The Balaban J connectivity index is 1.79. The van der Waals surface area contributed by atoms with Crippen LogP contribution in [0, 0.1) is 13.8 Å². The molecule has 0 heterocycles. The maximum absolute atomic E-state index is 13.0. The highest BCUT2D eigenvalue weighted by Crippen LogP contribution is 2.27. The van der Waals surface area contributed by atoms with Crippen molar-refractivity contribution < 1.29 is 9.53 Å². The molecule has 0 saturated heterocycles. The lowest BCUT2D eigenvalue weighted by Gasteiger charge is -2.24. The lowest BCUT2D eigenvalue weighted by Crippen LogP contribution is -2.40. The van der Waals surface area contributed by atoms with Gasteiger partial charge in [-0.25, -0.2) is 0 Å². The minimum atomic E-state index is -0.523. The predicted octanol–water partition coefficient (Wildman–Crippen LogP) is 5.88. The van der Waals surface area contributed by atoms with Crippen molar-refractivity contribution >= 4 is 16.7 Å². The van der Waals surface area contributed by atoms with Crippen LogP contribution in [0.15, 0.2) is 60.7 Å². The van der Waals surface area contributed by atoms with E-state index in [2.05, 4.69) is 56.4 Å². The molecule has 1 N–H and O–H groups in total. The highest BCUT2D eigenvalue weighted by molar-refractivity contribution is 5.89. The third-order valence-corrected chi connectivity index (χ3v) is 5.21. The van der Waals surface area contributed by atoms with Gasteiger partial charge in [0, 0.05) is 5.39 Å². The van der Waals surface area contributed by atoms with Gasteiger partial charge >= 0.3 is 0 Å². The van der Waals surface area contributed by atoms with Crippen LogP contribution in [0.1, 0.15) is 49.4 Å². The Hall–Kier alpha value is -2.81. The quantitative estimate of drug-likeness (QED) is 0.560. The maximum Gasteiger partial charge on any atom is 0.261 e. The number of rotatable bonds is 7. The number of benzene rings is 3. The highest BCUT2D eigenvalue weighted by Gasteiger charge is 2.23. The molecule has 0 radical (unpaired) electrons. The van der Waals surface area contributed by atoms with Crippen molar-refractivity contribution in [1.29, 1.82) is 0 Å². The van der Waals surface area contributed by atoms with Crippen LogP contribution in [0.2, 0.25) is 0 Å². The van der Waals surface area contributed by atoms with E-state index < -0.39 is 6.10 Å². The fourth-order valence-electron chi connectivity index (χ4n) is 3.65. The Morgan fingerprint density at radius 2 is 1.71 bits per heavy atom. The summed E-state index contributed by atoms with van der Waals surface area (Å²) in [7, 11) is 0. The molecule has 0 bridgehead atoms. The summed E-state index contributed by atoms with van der Waals surface area (Å²) in [6.07, 6.45) is 0.921. The van der Waals surface area contributed by atoms with Gasteiger partial charge in [0.05, 0.1) is 6.04 Å².